The molecule has 12 heavy (non-hydrogen) atoms. The lowest BCUT2D eigenvalue weighted by Crippen LogP contribution is -2.42. The van der Waals surface area contributed by atoms with Gasteiger partial charge in [-0.25, -0.2) is 8.42 Å². The quantitative estimate of drug-likeness (QED) is 0.610. The molecule has 0 bridgehead atoms. The second kappa shape index (κ2) is 3.42. The van der Waals surface area contributed by atoms with Gasteiger partial charge in [-0.1, -0.05) is 0 Å². The van der Waals surface area contributed by atoms with E-state index in [4.69, 9.17) is 11.0 Å². The van der Waals surface area contributed by atoms with Crippen molar-refractivity contribution < 1.29 is 8.42 Å². The van der Waals surface area contributed by atoms with E-state index in [9.17, 15) is 8.42 Å². The molecule has 0 aromatic rings. The number of sulfone groups is 1. The number of rotatable bonds is 1. The van der Waals surface area contributed by atoms with Crippen molar-refractivity contribution >= 4 is 9.84 Å². The molecule has 1 heterocycles. The van der Waals surface area contributed by atoms with Crippen LogP contribution in [0.15, 0.2) is 0 Å². The van der Waals surface area contributed by atoms with Crippen molar-refractivity contribution in [2.24, 2.45) is 11.7 Å². The Morgan fingerprint density at radius 2 is 2.25 bits per heavy atom. The van der Waals surface area contributed by atoms with E-state index in [2.05, 4.69) is 0 Å². The van der Waals surface area contributed by atoms with Crippen LogP contribution in [0.25, 0.3) is 0 Å². The van der Waals surface area contributed by atoms with Gasteiger partial charge in [0.25, 0.3) is 0 Å². The zero-order chi connectivity index (χ0) is 9.19. The van der Waals surface area contributed by atoms with Crippen LogP contribution >= 0.6 is 0 Å². The third kappa shape index (κ3) is 2.19. The number of hydrogen-bond donors (Lipinski definition) is 1. The summed E-state index contributed by atoms with van der Waals surface area (Å²) in [6, 6.07) is 1.68. The maximum absolute atomic E-state index is 11.0. The van der Waals surface area contributed by atoms with Crippen LogP contribution in [0.5, 0.6) is 0 Å². The predicted octanol–water partition coefficient (Wildman–Crippen LogP) is -0.338. The second-order valence-electron chi connectivity index (χ2n) is 3.19. The molecule has 0 saturated carbocycles. The lowest BCUT2D eigenvalue weighted by Gasteiger charge is -2.26. The summed E-state index contributed by atoms with van der Waals surface area (Å²) >= 11 is 0. The predicted molar refractivity (Wildman–Crippen MR) is 45.0 cm³/mol. The first-order chi connectivity index (χ1) is 5.55. The molecule has 68 valence electrons. The molecule has 0 aromatic carbocycles. The zero-order valence-electron chi connectivity index (χ0n) is 6.73. The van der Waals surface area contributed by atoms with Gasteiger partial charge in [0.05, 0.1) is 17.6 Å². The summed E-state index contributed by atoms with van der Waals surface area (Å²) < 4.78 is 22.1. The topological polar surface area (TPSA) is 84.0 Å². The second-order valence-corrected chi connectivity index (χ2v) is 5.42. The first kappa shape index (κ1) is 9.49. The fourth-order valence-corrected chi connectivity index (χ4v) is 3.12. The Labute approximate surface area is 72.3 Å². The summed E-state index contributed by atoms with van der Waals surface area (Å²) in [5, 5.41) is 8.41. The Hall–Kier alpha value is -0.600. The summed E-state index contributed by atoms with van der Waals surface area (Å²) in [5.74, 6) is 0.297. The van der Waals surface area contributed by atoms with Gasteiger partial charge in [-0.2, -0.15) is 5.26 Å². The lowest BCUT2D eigenvalue weighted by atomic mass is 9.95. The van der Waals surface area contributed by atoms with E-state index < -0.39 is 9.84 Å². The molecule has 0 radical (unpaired) electrons. The Kier molecular flexibility index (Phi) is 2.70. The molecular formula is C7H12N2O2S. The van der Waals surface area contributed by atoms with Crippen LogP contribution in [-0.4, -0.2) is 26.0 Å². The van der Waals surface area contributed by atoms with E-state index in [1.54, 1.807) is 0 Å². The van der Waals surface area contributed by atoms with E-state index in [0.29, 0.717) is 12.8 Å². The Bertz CT molecular complexity index is 291. The number of hydrogen-bond acceptors (Lipinski definition) is 4. The Balaban J connectivity index is 2.61. The largest absolute Gasteiger partial charge is 0.326 e. The van der Waals surface area contributed by atoms with Gasteiger partial charge in [0.2, 0.25) is 0 Å². The molecule has 5 heteroatoms. The van der Waals surface area contributed by atoms with Gasteiger partial charge in [-0.15, -0.1) is 0 Å². The molecule has 1 fully saturated rings. The van der Waals surface area contributed by atoms with E-state index in [1.807, 2.05) is 6.07 Å². The van der Waals surface area contributed by atoms with Crippen molar-refractivity contribution in [2.75, 3.05) is 11.5 Å². The van der Waals surface area contributed by atoms with Gasteiger partial charge in [0.1, 0.15) is 0 Å². The highest BCUT2D eigenvalue weighted by Gasteiger charge is 2.30. The lowest BCUT2D eigenvalue weighted by molar-refractivity contribution is 0.417. The van der Waals surface area contributed by atoms with Gasteiger partial charge < -0.3 is 5.73 Å². The third-order valence-corrected chi connectivity index (χ3v) is 3.96. The minimum absolute atomic E-state index is 0.0410. The minimum atomic E-state index is -2.92. The first-order valence-electron chi connectivity index (χ1n) is 3.88. The molecule has 0 aromatic heterocycles. The molecule has 2 atom stereocenters. The van der Waals surface area contributed by atoms with Gasteiger partial charge in [0, 0.05) is 12.5 Å². The van der Waals surface area contributed by atoms with Crippen LogP contribution < -0.4 is 5.73 Å². The van der Waals surface area contributed by atoms with Gasteiger partial charge in [0.15, 0.2) is 9.84 Å². The number of nitrogens with zero attached hydrogens (tertiary/aromatic N) is 1. The summed E-state index contributed by atoms with van der Waals surface area (Å²) in [6.45, 7) is 0. The molecule has 1 aliphatic heterocycles. The molecule has 0 spiro atoms. The van der Waals surface area contributed by atoms with Crippen LogP contribution in [0.1, 0.15) is 12.8 Å². The molecule has 4 nitrogen and oxygen atoms in total. The standard InChI is InChI=1S/C7H12N2O2S/c8-3-1-6-2-4-12(10,11)5-7(6)9/h6-7H,1-2,4-5,9H2/t6-,7-/m0/s1. The fourth-order valence-electron chi connectivity index (χ4n) is 1.43. The summed E-state index contributed by atoms with van der Waals surface area (Å²) in [5.41, 5.74) is 5.61. The number of nitrogens with two attached hydrogens (primary N) is 1. The third-order valence-electron chi connectivity index (χ3n) is 2.21. The summed E-state index contributed by atoms with van der Waals surface area (Å²) in [7, 11) is -2.92. The van der Waals surface area contributed by atoms with Crippen LogP contribution in [0.4, 0.5) is 0 Å². The first-order valence-corrected chi connectivity index (χ1v) is 5.70. The van der Waals surface area contributed by atoms with Crippen molar-refractivity contribution in [1.29, 1.82) is 5.26 Å². The van der Waals surface area contributed by atoms with E-state index >= 15 is 0 Å². The normalized spacial score (nSPS) is 34.0. The van der Waals surface area contributed by atoms with Gasteiger partial charge >= 0.3 is 0 Å². The van der Waals surface area contributed by atoms with Crippen molar-refractivity contribution in [2.45, 2.75) is 18.9 Å². The van der Waals surface area contributed by atoms with Gasteiger partial charge in [-0.05, 0) is 12.3 Å². The highest BCUT2D eigenvalue weighted by atomic mass is 32.2. The molecular weight excluding hydrogens is 176 g/mol. The van der Waals surface area contributed by atoms with Crippen molar-refractivity contribution in [3.05, 3.63) is 0 Å². The molecule has 1 saturated heterocycles. The maximum Gasteiger partial charge on any atom is 0.151 e. The molecule has 1 aliphatic rings. The van der Waals surface area contributed by atoms with Crippen LogP contribution in [0, 0.1) is 17.2 Å². The van der Waals surface area contributed by atoms with Crippen molar-refractivity contribution in [1.82, 2.24) is 0 Å². The number of nitriles is 1. The SMILES string of the molecule is N#CC[C@H]1CCS(=O)(=O)C[C@@H]1N. The van der Waals surface area contributed by atoms with Crippen LogP contribution in [0.2, 0.25) is 0 Å². The summed E-state index contributed by atoms with van der Waals surface area (Å²) in [6.07, 6.45) is 0.910. The van der Waals surface area contributed by atoms with Crippen molar-refractivity contribution in [3.63, 3.8) is 0 Å². The van der Waals surface area contributed by atoms with E-state index in [0.717, 1.165) is 0 Å². The molecule has 0 unspecified atom stereocenters. The average Bonchev–Trinajstić information content (AvgIpc) is 1.94. The zero-order valence-corrected chi connectivity index (χ0v) is 7.55. The average molecular weight is 188 g/mol. The molecule has 1 rings (SSSR count). The highest BCUT2D eigenvalue weighted by Crippen LogP contribution is 2.20. The molecule has 0 amide bonds. The molecule has 2 N–H and O–H groups in total. The fraction of sp³-hybridized carbons (Fsp3) is 0.857. The van der Waals surface area contributed by atoms with Crippen LogP contribution in [-0.2, 0) is 9.84 Å². The Morgan fingerprint density at radius 1 is 1.58 bits per heavy atom. The molecule has 0 aliphatic carbocycles. The summed E-state index contributed by atoms with van der Waals surface area (Å²) in [4.78, 5) is 0. The maximum atomic E-state index is 11.0. The minimum Gasteiger partial charge on any atom is -0.326 e. The van der Waals surface area contributed by atoms with E-state index in [-0.39, 0.29) is 23.5 Å². The van der Waals surface area contributed by atoms with E-state index in [1.165, 1.54) is 0 Å². The van der Waals surface area contributed by atoms with Crippen molar-refractivity contribution in [3.8, 4) is 6.07 Å². The Morgan fingerprint density at radius 3 is 2.75 bits per heavy atom. The smallest absolute Gasteiger partial charge is 0.151 e. The van der Waals surface area contributed by atoms with Gasteiger partial charge in [-0.3, -0.25) is 0 Å². The monoisotopic (exact) mass is 188 g/mol. The highest BCUT2D eigenvalue weighted by molar-refractivity contribution is 7.91. The van der Waals surface area contributed by atoms with Crippen LogP contribution in [0.3, 0.4) is 0 Å².